The monoisotopic (exact) mass is 248 g/mol. The summed E-state index contributed by atoms with van der Waals surface area (Å²) in [5, 5.41) is 12.0. The molecular formula is C13H20N4O. The second kappa shape index (κ2) is 4.97. The number of carbonyl (C=O) groups is 1. The Balaban J connectivity index is 2.37. The number of hydrogen-bond acceptors (Lipinski definition) is 4. The summed E-state index contributed by atoms with van der Waals surface area (Å²) in [5.41, 5.74) is -0.463. The van der Waals surface area contributed by atoms with Crippen LogP contribution < -0.4 is 5.32 Å². The highest BCUT2D eigenvalue weighted by atomic mass is 16.2. The molecular weight excluding hydrogens is 228 g/mol. The largest absolute Gasteiger partial charge is 0.343 e. The topological polar surface area (TPSA) is 68.5 Å². The Morgan fingerprint density at radius 2 is 2.06 bits per heavy atom. The Morgan fingerprint density at radius 3 is 2.56 bits per heavy atom. The molecule has 1 spiro atoms. The SMILES string of the molecule is CCN(CC)C1=NC2(CCCC2)[C@H](C#N)C(=O)N1. The zero-order valence-electron chi connectivity index (χ0n) is 11.1. The third-order valence-corrected chi connectivity index (χ3v) is 4.02. The van der Waals surface area contributed by atoms with E-state index in [0.29, 0.717) is 5.96 Å². The summed E-state index contributed by atoms with van der Waals surface area (Å²) in [6.45, 7) is 5.69. The van der Waals surface area contributed by atoms with Crippen LogP contribution in [-0.2, 0) is 4.79 Å². The van der Waals surface area contributed by atoms with E-state index in [1.807, 2.05) is 18.7 Å². The van der Waals surface area contributed by atoms with Crippen molar-refractivity contribution in [1.29, 1.82) is 5.26 Å². The minimum atomic E-state index is -0.626. The molecule has 2 aliphatic rings. The number of hydrogen-bond donors (Lipinski definition) is 1. The van der Waals surface area contributed by atoms with Crippen molar-refractivity contribution in [3.63, 3.8) is 0 Å². The molecule has 1 fully saturated rings. The van der Waals surface area contributed by atoms with E-state index in [0.717, 1.165) is 38.8 Å². The molecule has 18 heavy (non-hydrogen) atoms. The maximum Gasteiger partial charge on any atom is 0.246 e. The zero-order valence-corrected chi connectivity index (χ0v) is 11.1. The lowest BCUT2D eigenvalue weighted by molar-refractivity contribution is -0.124. The van der Waals surface area contributed by atoms with Crippen molar-refractivity contribution in [2.24, 2.45) is 10.9 Å². The predicted molar refractivity (Wildman–Crippen MR) is 68.8 cm³/mol. The normalized spacial score (nSPS) is 25.5. The third kappa shape index (κ3) is 1.96. The number of rotatable bonds is 2. The highest BCUT2D eigenvalue weighted by Crippen LogP contribution is 2.41. The molecule has 0 bridgehead atoms. The highest BCUT2D eigenvalue weighted by Gasteiger charge is 2.49. The van der Waals surface area contributed by atoms with Gasteiger partial charge in [0, 0.05) is 13.1 Å². The molecule has 1 saturated carbocycles. The number of nitrogens with one attached hydrogen (secondary N) is 1. The average Bonchev–Trinajstić information content (AvgIpc) is 2.79. The number of amides is 1. The number of guanidine groups is 1. The van der Waals surface area contributed by atoms with E-state index in [1.54, 1.807) is 0 Å². The Bertz CT molecular complexity index is 400. The van der Waals surface area contributed by atoms with E-state index in [9.17, 15) is 10.1 Å². The van der Waals surface area contributed by atoms with Crippen LogP contribution >= 0.6 is 0 Å². The van der Waals surface area contributed by atoms with Crippen molar-refractivity contribution in [3.8, 4) is 6.07 Å². The van der Waals surface area contributed by atoms with Crippen molar-refractivity contribution >= 4 is 11.9 Å². The fourth-order valence-corrected chi connectivity index (χ4v) is 2.97. The number of aliphatic imine (C=N–C) groups is 1. The van der Waals surface area contributed by atoms with Crippen LogP contribution in [0.25, 0.3) is 0 Å². The Morgan fingerprint density at radius 1 is 1.44 bits per heavy atom. The van der Waals surface area contributed by atoms with Crippen LogP contribution in [-0.4, -0.2) is 35.4 Å². The van der Waals surface area contributed by atoms with Gasteiger partial charge in [0.2, 0.25) is 11.9 Å². The third-order valence-electron chi connectivity index (χ3n) is 4.02. The van der Waals surface area contributed by atoms with Gasteiger partial charge in [-0.25, -0.2) is 4.99 Å². The standard InChI is InChI=1S/C13H20N4O/c1-3-17(4-2)12-15-11(18)10(9-14)13(16-12)7-5-6-8-13/h10H,3-8H2,1-2H3,(H,15,16,18)/t10-/m1/s1. The maximum absolute atomic E-state index is 12.1. The lowest BCUT2D eigenvalue weighted by Crippen LogP contribution is -2.56. The fraction of sp³-hybridized carbons (Fsp3) is 0.769. The van der Waals surface area contributed by atoms with Crippen molar-refractivity contribution in [2.45, 2.75) is 45.1 Å². The summed E-state index contributed by atoms with van der Waals surface area (Å²) in [4.78, 5) is 18.9. The molecule has 0 radical (unpaired) electrons. The summed E-state index contributed by atoms with van der Waals surface area (Å²) in [7, 11) is 0. The lowest BCUT2D eigenvalue weighted by atomic mass is 9.82. The summed E-state index contributed by atoms with van der Waals surface area (Å²) in [6.07, 6.45) is 3.81. The first kappa shape index (κ1) is 12.9. The van der Waals surface area contributed by atoms with Crippen LogP contribution in [0.5, 0.6) is 0 Å². The summed E-state index contributed by atoms with van der Waals surface area (Å²) >= 11 is 0. The van der Waals surface area contributed by atoms with Crippen molar-refractivity contribution < 1.29 is 4.79 Å². The molecule has 0 unspecified atom stereocenters. The lowest BCUT2D eigenvalue weighted by Gasteiger charge is -2.37. The molecule has 2 rings (SSSR count). The quantitative estimate of drug-likeness (QED) is 0.800. The molecule has 1 atom stereocenters. The van der Waals surface area contributed by atoms with Gasteiger partial charge in [0.1, 0.15) is 0 Å². The summed E-state index contributed by atoms with van der Waals surface area (Å²) in [5.74, 6) is -0.158. The Labute approximate surface area is 108 Å². The minimum absolute atomic E-state index is 0.184. The van der Waals surface area contributed by atoms with Crippen LogP contribution in [0.1, 0.15) is 39.5 Å². The predicted octanol–water partition coefficient (Wildman–Crippen LogP) is 1.27. The van der Waals surface area contributed by atoms with Crippen LogP contribution in [0.3, 0.4) is 0 Å². The number of nitrogens with zero attached hydrogens (tertiary/aromatic N) is 3. The van der Waals surface area contributed by atoms with Gasteiger partial charge in [-0.2, -0.15) is 5.26 Å². The number of carbonyl (C=O) groups excluding carboxylic acids is 1. The molecule has 5 nitrogen and oxygen atoms in total. The van der Waals surface area contributed by atoms with Crippen LogP contribution in [0.15, 0.2) is 4.99 Å². The number of nitriles is 1. The van der Waals surface area contributed by atoms with Gasteiger partial charge in [0.05, 0.1) is 11.6 Å². The Hall–Kier alpha value is -1.57. The van der Waals surface area contributed by atoms with Gasteiger partial charge in [0.25, 0.3) is 0 Å². The van der Waals surface area contributed by atoms with Crippen LogP contribution in [0.2, 0.25) is 0 Å². The van der Waals surface area contributed by atoms with Gasteiger partial charge in [-0.3, -0.25) is 10.1 Å². The van der Waals surface area contributed by atoms with Gasteiger partial charge >= 0.3 is 0 Å². The minimum Gasteiger partial charge on any atom is -0.343 e. The molecule has 0 aromatic carbocycles. The molecule has 0 saturated heterocycles. The summed E-state index contributed by atoms with van der Waals surface area (Å²) in [6, 6.07) is 2.14. The molecule has 1 N–H and O–H groups in total. The molecule has 1 heterocycles. The van der Waals surface area contributed by atoms with Gasteiger partial charge < -0.3 is 4.90 Å². The van der Waals surface area contributed by atoms with E-state index in [1.165, 1.54) is 0 Å². The first-order valence-electron chi connectivity index (χ1n) is 6.72. The fourth-order valence-electron chi connectivity index (χ4n) is 2.97. The zero-order chi connectivity index (χ0) is 13.2. The van der Waals surface area contributed by atoms with E-state index in [-0.39, 0.29) is 5.91 Å². The van der Waals surface area contributed by atoms with Gasteiger partial charge in [0.15, 0.2) is 5.92 Å². The first-order valence-corrected chi connectivity index (χ1v) is 6.72. The summed E-state index contributed by atoms with van der Waals surface area (Å²) < 4.78 is 0. The second-order valence-corrected chi connectivity index (χ2v) is 4.97. The van der Waals surface area contributed by atoms with E-state index in [2.05, 4.69) is 11.4 Å². The smallest absolute Gasteiger partial charge is 0.246 e. The molecule has 1 amide bonds. The van der Waals surface area contributed by atoms with Crippen molar-refractivity contribution in [2.75, 3.05) is 13.1 Å². The maximum atomic E-state index is 12.1. The second-order valence-electron chi connectivity index (χ2n) is 4.97. The van der Waals surface area contributed by atoms with Crippen molar-refractivity contribution in [1.82, 2.24) is 10.2 Å². The van der Waals surface area contributed by atoms with Gasteiger partial charge in [-0.05, 0) is 26.7 Å². The van der Waals surface area contributed by atoms with Crippen LogP contribution in [0, 0.1) is 17.2 Å². The molecule has 98 valence electrons. The molecule has 1 aliphatic heterocycles. The van der Waals surface area contributed by atoms with Crippen LogP contribution in [0.4, 0.5) is 0 Å². The van der Waals surface area contributed by atoms with E-state index in [4.69, 9.17) is 4.99 Å². The van der Waals surface area contributed by atoms with Gasteiger partial charge in [-0.15, -0.1) is 0 Å². The highest BCUT2D eigenvalue weighted by molar-refractivity contribution is 6.02. The van der Waals surface area contributed by atoms with E-state index >= 15 is 0 Å². The average molecular weight is 248 g/mol. The Kier molecular flexibility index (Phi) is 3.55. The van der Waals surface area contributed by atoms with E-state index < -0.39 is 11.5 Å². The first-order chi connectivity index (χ1) is 8.66. The molecule has 0 aromatic heterocycles. The van der Waals surface area contributed by atoms with Gasteiger partial charge in [-0.1, -0.05) is 12.8 Å². The molecule has 5 heteroatoms. The van der Waals surface area contributed by atoms with Crippen molar-refractivity contribution in [3.05, 3.63) is 0 Å². The molecule has 0 aromatic rings. The molecule has 1 aliphatic carbocycles.